The molecule has 1 unspecified atom stereocenters. The molecular formula is C18H19Cl3N2O. The van der Waals surface area contributed by atoms with Crippen LogP contribution in [0.3, 0.4) is 0 Å². The van der Waals surface area contributed by atoms with Gasteiger partial charge in [0.05, 0.1) is 0 Å². The number of rotatable bonds is 5. The van der Waals surface area contributed by atoms with Crippen LogP contribution in [-0.2, 0) is 6.54 Å². The van der Waals surface area contributed by atoms with Gasteiger partial charge in [0.15, 0.2) is 0 Å². The lowest BCUT2D eigenvalue weighted by Gasteiger charge is -2.34. The van der Waals surface area contributed by atoms with Gasteiger partial charge in [-0.1, -0.05) is 83.3 Å². The maximum absolute atomic E-state index is 12.6. The van der Waals surface area contributed by atoms with Crippen LogP contribution in [0.4, 0.5) is 0 Å². The van der Waals surface area contributed by atoms with Crippen LogP contribution < -0.4 is 5.32 Å². The van der Waals surface area contributed by atoms with Gasteiger partial charge in [-0.05, 0) is 31.2 Å². The summed E-state index contributed by atoms with van der Waals surface area (Å²) in [6.45, 7) is 2.40. The minimum Gasteiger partial charge on any atom is -0.332 e. The van der Waals surface area contributed by atoms with Crippen LogP contribution in [0.2, 0.25) is 0 Å². The Morgan fingerprint density at radius 2 is 1.67 bits per heavy atom. The highest BCUT2D eigenvalue weighted by atomic mass is 35.6. The Kier molecular flexibility index (Phi) is 6.53. The van der Waals surface area contributed by atoms with Crippen molar-refractivity contribution in [2.45, 2.75) is 23.4 Å². The monoisotopic (exact) mass is 384 g/mol. The molecular weight excluding hydrogens is 367 g/mol. The first-order valence-electron chi connectivity index (χ1n) is 7.46. The fourth-order valence-electron chi connectivity index (χ4n) is 2.43. The molecule has 0 aromatic heterocycles. The first-order chi connectivity index (χ1) is 11.3. The minimum absolute atomic E-state index is 0.274. The maximum atomic E-state index is 12.6. The number of alkyl halides is 3. The molecule has 0 heterocycles. The molecule has 6 heteroatoms. The maximum Gasteiger partial charge on any atom is 0.252 e. The highest BCUT2D eigenvalue weighted by Crippen LogP contribution is 2.32. The quantitative estimate of drug-likeness (QED) is 0.605. The van der Waals surface area contributed by atoms with Crippen LogP contribution >= 0.6 is 34.8 Å². The molecule has 3 nitrogen and oxygen atoms in total. The number of halogens is 3. The minimum atomic E-state index is -1.66. The van der Waals surface area contributed by atoms with Crippen molar-refractivity contribution in [3.05, 3.63) is 71.3 Å². The zero-order valence-electron chi connectivity index (χ0n) is 13.5. The number of carbonyl (C=O) groups excluding carboxylic acids is 1. The fraction of sp³-hybridized carbons (Fsp3) is 0.278. The van der Waals surface area contributed by atoms with E-state index in [1.165, 1.54) is 0 Å². The van der Waals surface area contributed by atoms with E-state index in [2.05, 4.69) is 5.32 Å². The first-order valence-corrected chi connectivity index (χ1v) is 8.60. The van der Waals surface area contributed by atoms with E-state index in [1.807, 2.05) is 49.4 Å². The second-order valence-corrected chi connectivity index (χ2v) is 8.00. The fourth-order valence-corrected chi connectivity index (χ4v) is 3.10. The predicted octanol–water partition coefficient (Wildman–Crippen LogP) is 4.55. The molecule has 2 aromatic rings. The highest BCUT2D eigenvalue weighted by molar-refractivity contribution is 6.68. The third kappa shape index (κ3) is 5.12. The lowest BCUT2D eigenvalue weighted by molar-refractivity contribution is 0.0869. The molecule has 0 fully saturated rings. The smallest absolute Gasteiger partial charge is 0.252 e. The Labute approximate surface area is 157 Å². The average molecular weight is 386 g/mol. The predicted molar refractivity (Wildman–Crippen MR) is 101 cm³/mol. The Hall–Kier alpha value is -1.26. The van der Waals surface area contributed by atoms with Crippen molar-refractivity contribution in [3.8, 4) is 0 Å². The molecule has 0 saturated heterocycles. The molecule has 0 spiro atoms. The van der Waals surface area contributed by atoms with Crippen LogP contribution in [0.5, 0.6) is 0 Å². The van der Waals surface area contributed by atoms with E-state index in [1.54, 1.807) is 24.1 Å². The van der Waals surface area contributed by atoms with Crippen molar-refractivity contribution in [1.29, 1.82) is 0 Å². The topological polar surface area (TPSA) is 32.3 Å². The van der Waals surface area contributed by atoms with Gasteiger partial charge in [-0.15, -0.1) is 0 Å². The molecule has 0 saturated carbocycles. The van der Waals surface area contributed by atoms with Gasteiger partial charge < -0.3 is 5.32 Å². The van der Waals surface area contributed by atoms with Crippen molar-refractivity contribution in [2.24, 2.45) is 0 Å². The molecule has 2 aromatic carbocycles. The van der Waals surface area contributed by atoms with Crippen molar-refractivity contribution < 1.29 is 4.79 Å². The summed E-state index contributed by atoms with van der Waals surface area (Å²) in [5.41, 5.74) is 2.48. The Balaban J connectivity index is 2.17. The second-order valence-electron chi connectivity index (χ2n) is 5.63. The molecule has 0 bridgehead atoms. The molecule has 0 aliphatic rings. The summed E-state index contributed by atoms with van der Waals surface area (Å²) >= 11 is 18.3. The number of amides is 1. The van der Waals surface area contributed by atoms with Crippen molar-refractivity contribution >= 4 is 40.7 Å². The molecule has 0 aliphatic heterocycles. The number of benzene rings is 2. The van der Waals surface area contributed by atoms with E-state index in [0.717, 1.165) is 11.1 Å². The van der Waals surface area contributed by atoms with Crippen molar-refractivity contribution in [1.82, 2.24) is 10.2 Å². The molecule has 0 aliphatic carbocycles. The lowest BCUT2D eigenvalue weighted by atomic mass is 10.1. The third-order valence-electron chi connectivity index (χ3n) is 3.68. The number of nitrogens with zero attached hydrogens (tertiary/aromatic N) is 1. The van der Waals surface area contributed by atoms with Gasteiger partial charge in [0.1, 0.15) is 6.17 Å². The molecule has 1 amide bonds. The van der Waals surface area contributed by atoms with Crippen LogP contribution in [0, 0.1) is 6.92 Å². The van der Waals surface area contributed by atoms with Crippen LogP contribution in [-0.4, -0.2) is 27.8 Å². The van der Waals surface area contributed by atoms with Gasteiger partial charge in [-0.3, -0.25) is 9.69 Å². The van der Waals surface area contributed by atoms with Gasteiger partial charge in [0, 0.05) is 12.1 Å². The normalized spacial score (nSPS) is 12.9. The van der Waals surface area contributed by atoms with E-state index in [4.69, 9.17) is 34.8 Å². The number of nitrogens with one attached hydrogen (secondary N) is 1. The van der Waals surface area contributed by atoms with Crippen LogP contribution in [0.1, 0.15) is 21.5 Å². The standard InChI is InChI=1S/C18H19Cl3N2O/c1-13-8-6-7-11-15(13)16(24)22-17(18(19,20)21)23(2)12-14-9-4-3-5-10-14/h3-11,17H,12H2,1-2H3,(H,22,24). The molecule has 1 atom stereocenters. The van der Waals surface area contributed by atoms with Gasteiger partial charge >= 0.3 is 0 Å². The molecule has 2 rings (SSSR count). The number of hydrogen-bond acceptors (Lipinski definition) is 2. The van der Waals surface area contributed by atoms with E-state index in [0.29, 0.717) is 12.1 Å². The summed E-state index contributed by atoms with van der Waals surface area (Å²) in [7, 11) is 1.80. The Morgan fingerprint density at radius 1 is 1.08 bits per heavy atom. The summed E-state index contributed by atoms with van der Waals surface area (Å²) < 4.78 is -1.66. The SMILES string of the molecule is Cc1ccccc1C(=O)NC(N(C)Cc1ccccc1)C(Cl)(Cl)Cl. The number of aryl methyl sites for hydroxylation is 1. The van der Waals surface area contributed by atoms with E-state index in [-0.39, 0.29) is 5.91 Å². The summed E-state index contributed by atoms with van der Waals surface area (Å²) in [6, 6.07) is 17.1. The zero-order chi connectivity index (χ0) is 17.7. The van der Waals surface area contributed by atoms with Crippen LogP contribution in [0.25, 0.3) is 0 Å². The van der Waals surface area contributed by atoms with Gasteiger partial charge in [0.25, 0.3) is 5.91 Å². The van der Waals surface area contributed by atoms with Gasteiger partial charge in [-0.25, -0.2) is 0 Å². The highest BCUT2D eigenvalue weighted by Gasteiger charge is 2.37. The molecule has 128 valence electrons. The summed E-state index contributed by atoms with van der Waals surface area (Å²) in [5, 5.41) is 2.83. The van der Waals surface area contributed by atoms with Crippen molar-refractivity contribution in [3.63, 3.8) is 0 Å². The van der Waals surface area contributed by atoms with Crippen molar-refractivity contribution in [2.75, 3.05) is 7.05 Å². The third-order valence-corrected chi connectivity index (χ3v) is 4.30. The largest absolute Gasteiger partial charge is 0.332 e. The molecule has 1 N–H and O–H groups in total. The Bertz CT molecular complexity index is 686. The van der Waals surface area contributed by atoms with Gasteiger partial charge in [-0.2, -0.15) is 0 Å². The molecule has 0 radical (unpaired) electrons. The van der Waals surface area contributed by atoms with Crippen LogP contribution in [0.15, 0.2) is 54.6 Å². The number of hydrogen-bond donors (Lipinski definition) is 1. The zero-order valence-corrected chi connectivity index (χ0v) is 15.7. The summed E-state index contributed by atoms with van der Waals surface area (Å²) in [5.74, 6) is -0.274. The summed E-state index contributed by atoms with van der Waals surface area (Å²) in [6.07, 6.45) is -0.769. The average Bonchev–Trinajstić information content (AvgIpc) is 2.52. The first kappa shape index (κ1) is 19.1. The van der Waals surface area contributed by atoms with Gasteiger partial charge in [0.2, 0.25) is 3.79 Å². The number of carbonyl (C=O) groups is 1. The lowest BCUT2D eigenvalue weighted by Crippen LogP contribution is -2.53. The molecule has 24 heavy (non-hydrogen) atoms. The van der Waals surface area contributed by atoms with E-state index in [9.17, 15) is 4.79 Å². The Morgan fingerprint density at radius 3 is 2.25 bits per heavy atom. The summed E-state index contributed by atoms with van der Waals surface area (Å²) in [4.78, 5) is 14.4. The second kappa shape index (κ2) is 8.21. The van der Waals surface area contributed by atoms with E-state index < -0.39 is 9.96 Å². The van der Waals surface area contributed by atoms with E-state index >= 15 is 0 Å².